The maximum absolute atomic E-state index is 11.3. The Balaban J connectivity index is 1.83. The summed E-state index contributed by atoms with van der Waals surface area (Å²) in [5.41, 5.74) is 0.762. The van der Waals surface area contributed by atoms with Crippen LogP contribution in [0.15, 0.2) is 28.7 Å². The number of furan rings is 1. The van der Waals surface area contributed by atoms with Gasteiger partial charge in [0, 0.05) is 32.6 Å². The topological polar surface area (TPSA) is 66.7 Å². The number of amides is 2. The van der Waals surface area contributed by atoms with E-state index in [-0.39, 0.29) is 6.03 Å². The normalized spacial score (nSPS) is 10.6. The minimum Gasteiger partial charge on any atom is -0.493 e. The zero-order valence-corrected chi connectivity index (χ0v) is 12.6. The molecule has 0 atom stereocenters. The molecule has 1 heterocycles. The number of fused-ring (bicyclic) bond motifs is 1. The standard InChI is InChI=1S/C15H21N3O3/c1-18(2)15(19)17-8-7-16-10-12-9-11-5-4-6-13(20-3)14(11)21-12/h4-6,9,16H,7-8,10H2,1-3H3,(H,17,19). The Hall–Kier alpha value is -2.21. The molecule has 0 spiro atoms. The molecule has 2 amide bonds. The van der Waals surface area contributed by atoms with Crippen LogP contribution in [-0.2, 0) is 6.54 Å². The lowest BCUT2D eigenvalue weighted by Gasteiger charge is -2.11. The molecular weight excluding hydrogens is 270 g/mol. The highest BCUT2D eigenvalue weighted by Crippen LogP contribution is 2.28. The van der Waals surface area contributed by atoms with Gasteiger partial charge >= 0.3 is 6.03 Å². The molecular formula is C15H21N3O3. The van der Waals surface area contributed by atoms with E-state index in [4.69, 9.17) is 9.15 Å². The first-order valence-electron chi connectivity index (χ1n) is 6.83. The molecule has 0 saturated carbocycles. The Morgan fingerprint density at radius 2 is 2.14 bits per heavy atom. The minimum absolute atomic E-state index is 0.0923. The molecule has 114 valence electrons. The van der Waals surface area contributed by atoms with Crippen molar-refractivity contribution in [3.8, 4) is 5.75 Å². The van der Waals surface area contributed by atoms with Gasteiger partial charge in [-0.3, -0.25) is 0 Å². The molecule has 6 nitrogen and oxygen atoms in total. The number of methoxy groups -OCH3 is 1. The number of hydrogen-bond donors (Lipinski definition) is 2. The Labute approximate surface area is 124 Å². The number of carbonyl (C=O) groups is 1. The second-order valence-electron chi connectivity index (χ2n) is 4.89. The van der Waals surface area contributed by atoms with Crippen LogP contribution >= 0.6 is 0 Å². The van der Waals surface area contributed by atoms with Crippen LogP contribution in [0.4, 0.5) is 4.79 Å². The Morgan fingerprint density at radius 1 is 1.33 bits per heavy atom. The van der Waals surface area contributed by atoms with Crippen molar-refractivity contribution in [3.05, 3.63) is 30.0 Å². The molecule has 2 aromatic rings. The van der Waals surface area contributed by atoms with Crippen molar-refractivity contribution < 1.29 is 13.9 Å². The van der Waals surface area contributed by atoms with Crippen molar-refractivity contribution in [2.24, 2.45) is 0 Å². The zero-order chi connectivity index (χ0) is 15.2. The molecule has 1 aromatic carbocycles. The molecule has 0 aliphatic heterocycles. The number of benzene rings is 1. The van der Waals surface area contributed by atoms with Crippen LogP contribution in [0, 0.1) is 0 Å². The molecule has 2 N–H and O–H groups in total. The van der Waals surface area contributed by atoms with E-state index < -0.39 is 0 Å². The van der Waals surface area contributed by atoms with Crippen LogP contribution < -0.4 is 15.4 Å². The molecule has 0 aliphatic rings. The van der Waals surface area contributed by atoms with Crippen molar-refractivity contribution >= 4 is 17.0 Å². The second-order valence-corrected chi connectivity index (χ2v) is 4.89. The average Bonchev–Trinajstić information content (AvgIpc) is 2.89. The minimum atomic E-state index is -0.0923. The quantitative estimate of drug-likeness (QED) is 0.797. The van der Waals surface area contributed by atoms with Gasteiger partial charge in [0.2, 0.25) is 0 Å². The van der Waals surface area contributed by atoms with Crippen LogP contribution in [0.5, 0.6) is 5.75 Å². The van der Waals surface area contributed by atoms with Crippen LogP contribution in [0.2, 0.25) is 0 Å². The van der Waals surface area contributed by atoms with Crippen molar-refractivity contribution in [1.29, 1.82) is 0 Å². The monoisotopic (exact) mass is 291 g/mol. The maximum atomic E-state index is 11.3. The summed E-state index contributed by atoms with van der Waals surface area (Å²) in [5, 5.41) is 7.03. The number of ether oxygens (including phenoxy) is 1. The number of carbonyl (C=O) groups excluding carboxylic acids is 1. The van der Waals surface area contributed by atoms with E-state index in [1.807, 2.05) is 24.3 Å². The molecule has 0 bridgehead atoms. The van der Waals surface area contributed by atoms with Crippen molar-refractivity contribution in [3.63, 3.8) is 0 Å². The van der Waals surface area contributed by atoms with E-state index in [0.29, 0.717) is 19.6 Å². The predicted octanol–water partition coefficient (Wildman–Crippen LogP) is 1.80. The van der Waals surface area contributed by atoms with Crippen molar-refractivity contribution in [1.82, 2.24) is 15.5 Å². The molecule has 0 saturated heterocycles. The fourth-order valence-electron chi connectivity index (χ4n) is 1.97. The number of hydrogen-bond acceptors (Lipinski definition) is 4. The number of urea groups is 1. The number of nitrogens with one attached hydrogen (secondary N) is 2. The van der Waals surface area contributed by atoms with Gasteiger partial charge < -0.3 is 24.7 Å². The molecule has 0 aliphatic carbocycles. The van der Waals surface area contributed by atoms with Gasteiger partial charge in [0.05, 0.1) is 13.7 Å². The summed E-state index contributed by atoms with van der Waals surface area (Å²) in [6.07, 6.45) is 0. The molecule has 6 heteroatoms. The van der Waals surface area contributed by atoms with Gasteiger partial charge in [-0.25, -0.2) is 4.79 Å². The van der Waals surface area contributed by atoms with Crippen LogP contribution in [0.3, 0.4) is 0 Å². The Bertz CT molecular complexity index is 607. The maximum Gasteiger partial charge on any atom is 0.316 e. The SMILES string of the molecule is COc1cccc2cc(CNCCNC(=O)N(C)C)oc12. The van der Waals surface area contributed by atoms with Crippen LogP contribution in [0.25, 0.3) is 11.0 Å². The Morgan fingerprint density at radius 3 is 2.86 bits per heavy atom. The summed E-state index contributed by atoms with van der Waals surface area (Å²) in [5.74, 6) is 1.57. The zero-order valence-electron chi connectivity index (χ0n) is 12.6. The highest BCUT2D eigenvalue weighted by Gasteiger charge is 2.08. The van der Waals surface area contributed by atoms with E-state index in [0.717, 1.165) is 22.5 Å². The fourth-order valence-corrected chi connectivity index (χ4v) is 1.97. The average molecular weight is 291 g/mol. The van der Waals surface area contributed by atoms with Crippen LogP contribution in [-0.4, -0.2) is 45.2 Å². The van der Waals surface area contributed by atoms with Gasteiger partial charge in [-0.2, -0.15) is 0 Å². The summed E-state index contributed by atoms with van der Waals surface area (Å²) < 4.78 is 11.0. The van der Waals surface area contributed by atoms with Crippen molar-refractivity contribution in [2.45, 2.75) is 6.54 Å². The molecule has 0 unspecified atom stereocenters. The van der Waals surface area contributed by atoms with E-state index in [9.17, 15) is 4.79 Å². The smallest absolute Gasteiger partial charge is 0.316 e. The summed E-state index contributed by atoms with van der Waals surface area (Å²) in [7, 11) is 5.05. The molecule has 21 heavy (non-hydrogen) atoms. The first kappa shape index (κ1) is 15.2. The van der Waals surface area contributed by atoms with Gasteiger partial charge in [-0.15, -0.1) is 0 Å². The van der Waals surface area contributed by atoms with Gasteiger partial charge in [0.1, 0.15) is 5.76 Å². The second kappa shape index (κ2) is 6.99. The number of para-hydroxylation sites is 1. The lowest BCUT2D eigenvalue weighted by molar-refractivity contribution is 0.217. The first-order chi connectivity index (χ1) is 10.1. The largest absolute Gasteiger partial charge is 0.493 e. The summed E-state index contributed by atoms with van der Waals surface area (Å²) in [4.78, 5) is 12.8. The van der Waals surface area contributed by atoms with Gasteiger partial charge in [-0.1, -0.05) is 12.1 Å². The highest BCUT2D eigenvalue weighted by atomic mass is 16.5. The third kappa shape index (κ3) is 3.88. The highest BCUT2D eigenvalue weighted by molar-refractivity contribution is 5.83. The van der Waals surface area contributed by atoms with E-state index >= 15 is 0 Å². The summed E-state index contributed by atoms with van der Waals surface area (Å²) >= 11 is 0. The van der Waals surface area contributed by atoms with Crippen molar-refractivity contribution in [2.75, 3.05) is 34.3 Å². The van der Waals surface area contributed by atoms with Crippen LogP contribution in [0.1, 0.15) is 5.76 Å². The van der Waals surface area contributed by atoms with Gasteiger partial charge in [0.15, 0.2) is 11.3 Å². The van der Waals surface area contributed by atoms with E-state index in [2.05, 4.69) is 10.6 Å². The van der Waals surface area contributed by atoms with Gasteiger partial charge in [0.25, 0.3) is 0 Å². The number of rotatable bonds is 6. The Kier molecular flexibility index (Phi) is 5.05. The van der Waals surface area contributed by atoms with E-state index in [1.165, 1.54) is 4.90 Å². The lowest BCUT2D eigenvalue weighted by Crippen LogP contribution is -2.38. The summed E-state index contributed by atoms with van der Waals surface area (Å²) in [6, 6.07) is 7.70. The third-order valence-corrected chi connectivity index (χ3v) is 3.06. The molecule has 2 rings (SSSR count). The van der Waals surface area contributed by atoms with Gasteiger partial charge in [-0.05, 0) is 12.1 Å². The molecule has 0 radical (unpaired) electrons. The van der Waals surface area contributed by atoms with E-state index in [1.54, 1.807) is 21.2 Å². The predicted molar refractivity (Wildman–Crippen MR) is 81.6 cm³/mol. The summed E-state index contributed by atoms with van der Waals surface area (Å²) in [6.45, 7) is 1.85. The molecule has 0 fully saturated rings. The molecule has 1 aromatic heterocycles. The first-order valence-corrected chi connectivity index (χ1v) is 6.83. The fraction of sp³-hybridized carbons (Fsp3) is 0.400. The number of nitrogens with zero attached hydrogens (tertiary/aromatic N) is 1. The third-order valence-electron chi connectivity index (χ3n) is 3.06. The lowest BCUT2D eigenvalue weighted by atomic mass is 10.2.